The maximum absolute atomic E-state index is 12.5. The van der Waals surface area contributed by atoms with Gasteiger partial charge in [0, 0.05) is 19.5 Å². The van der Waals surface area contributed by atoms with E-state index in [1.165, 1.54) is 0 Å². The van der Waals surface area contributed by atoms with Crippen molar-refractivity contribution < 1.29 is 9.59 Å². The Morgan fingerprint density at radius 1 is 1.00 bits per heavy atom. The van der Waals surface area contributed by atoms with Crippen LogP contribution >= 0.6 is 0 Å². The first-order chi connectivity index (χ1) is 11.2. The number of nitrogens with zero attached hydrogens (tertiary/aromatic N) is 1. The van der Waals surface area contributed by atoms with Gasteiger partial charge in [-0.3, -0.25) is 9.59 Å². The van der Waals surface area contributed by atoms with E-state index in [-0.39, 0.29) is 17.9 Å². The first-order valence-electron chi connectivity index (χ1n) is 7.89. The summed E-state index contributed by atoms with van der Waals surface area (Å²) in [4.78, 5) is 26.3. The van der Waals surface area contributed by atoms with E-state index in [0.717, 1.165) is 11.1 Å². The molecular weight excluding hydrogens is 288 g/mol. The molecule has 1 aliphatic heterocycles. The molecule has 0 spiro atoms. The predicted molar refractivity (Wildman–Crippen MR) is 88.3 cm³/mol. The van der Waals surface area contributed by atoms with Crippen molar-refractivity contribution in [2.24, 2.45) is 0 Å². The zero-order valence-electron chi connectivity index (χ0n) is 12.9. The van der Waals surface area contributed by atoms with Crippen molar-refractivity contribution >= 4 is 11.8 Å². The van der Waals surface area contributed by atoms with Gasteiger partial charge in [0.2, 0.25) is 11.8 Å². The van der Waals surface area contributed by atoms with Crippen molar-refractivity contribution in [3.05, 3.63) is 71.8 Å². The lowest BCUT2D eigenvalue weighted by Crippen LogP contribution is -2.44. The monoisotopic (exact) mass is 308 g/mol. The first-order valence-corrected chi connectivity index (χ1v) is 7.89. The summed E-state index contributed by atoms with van der Waals surface area (Å²) in [6.45, 7) is 0.979. The van der Waals surface area contributed by atoms with E-state index in [9.17, 15) is 9.59 Å². The number of likely N-dealkylation sites (tertiary alicyclic amines) is 1. The van der Waals surface area contributed by atoms with Gasteiger partial charge in [-0.2, -0.15) is 0 Å². The second kappa shape index (κ2) is 7.09. The molecule has 0 radical (unpaired) electrons. The molecule has 1 N–H and O–H groups in total. The van der Waals surface area contributed by atoms with Crippen molar-refractivity contribution in [1.29, 1.82) is 0 Å². The molecule has 0 saturated carbocycles. The van der Waals surface area contributed by atoms with Gasteiger partial charge >= 0.3 is 0 Å². The highest BCUT2D eigenvalue weighted by atomic mass is 16.2. The summed E-state index contributed by atoms with van der Waals surface area (Å²) in [7, 11) is 0. The van der Waals surface area contributed by atoms with Crippen LogP contribution in [0, 0.1) is 0 Å². The topological polar surface area (TPSA) is 49.4 Å². The van der Waals surface area contributed by atoms with Gasteiger partial charge in [0.1, 0.15) is 6.04 Å². The summed E-state index contributed by atoms with van der Waals surface area (Å²) in [5.74, 6) is -0.0238. The van der Waals surface area contributed by atoms with Crippen LogP contribution in [-0.4, -0.2) is 22.8 Å². The Balaban J connectivity index is 1.63. The van der Waals surface area contributed by atoms with Crippen LogP contribution in [0.15, 0.2) is 60.7 Å². The molecule has 4 nitrogen and oxygen atoms in total. The molecule has 2 amide bonds. The van der Waals surface area contributed by atoms with E-state index >= 15 is 0 Å². The predicted octanol–water partition coefficient (Wildman–Crippen LogP) is 2.49. The fourth-order valence-electron chi connectivity index (χ4n) is 2.89. The van der Waals surface area contributed by atoms with Crippen LogP contribution in [-0.2, 0) is 22.7 Å². The van der Waals surface area contributed by atoms with Crippen LogP contribution in [0.3, 0.4) is 0 Å². The van der Waals surface area contributed by atoms with E-state index in [0.29, 0.717) is 25.9 Å². The highest BCUT2D eigenvalue weighted by Gasteiger charge is 2.35. The third-order valence-electron chi connectivity index (χ3n) is 4.14. The normalized spacial score (nSPS) is 17.3. The van der Waals surface area contributed by atoms with Gasteiger partial charge in [0.15, 0.2) is 0 Å². The van der Waals surface area contributed by atoms with E-state index in [4.69, 9.17) is 0 Å². The smallest absolute Gasteiger partial charge is 0.243 e. The van der Waals surface area contributed by atoms with Gasteiger partial charge in [-0.05, 0) is 17.5 Å². The second-order valence-electron chi connectivity index (χ2n) is 5.77. The Labute approximate surface area is 136 Å². The summed E-state index contributed by atoms with van der Waals surface area (Å²) >= 11 is 0. The lowest BCUT2D eigenvalue weighted by molar-refractivity contribution is -0.135. The number of hydrogen-bond acceptors (Lipinski definition) is 2. The minimum Gasteiger partial charge on any atom is -0.350 e. The number of amides is 2. The molecular formula is C19H20N2O2. The minimum atomic E-state index is -0.369. The zero-order valence-corrected chi connectivity index (χ0v) is 12.9. The molecule has 0 aliphatic carbocycles. The molecule has 1 unspecified atom stereocenters. The van der Waals surface area contributed by atoms with E-state index in [2.05, 4.69) is 5.32 Å². The van der Waals surface area contributed by atoms with Crippen LogP contribution in [0.25, 0.3) is 0 Å². The molecule has 118 valence electrons. The molecule has 1 heterocycles. The molecule has 2 aromatic carbocycles. The Kier molecular flexibility index (Phi) is 4.71. The third kappa shape index (κ3) is 3.77. The summed E-state index contributed by atoms with van der Waals surface area (Å²) in [5.41, 5.74) is 2.10. The average molecular weight is 308 g/mol. The van der Waals surface area contributed by atoms with Crippen molar-refractivity contribution in [3.8, 4) is 0 Å². The van der Waals surface area contributed by atoms with E-state index < -0.39 is 0 Å². The Morgan fingerprint density at radius 2 is 1.61 bits per heavy atom. The molecule has 0 bridgehead atoms. The van der Waals surface area contributed by atoms with Gasteiger partial charge in [-0.25, -0.2) is 0 Å². The van der Waals surface area contributed by atoms with Gasteiger partial charge in [0.05, 0.1) is 0 Å². The fourth-order valence-corrected chi connectivity index (χ4v) is 2.89. The Bertz CT molecular complexity index is 670. The largest absolute Gasteiger partial charge is 0.350 e. The molecule has 1 saturated heterocycles. The zero-order chi connectivity index (χ0) is 16.1. The van der Waals surface area contributed by atoms with Gasteiger partial charge in [-0.15, -0.1) is 0 Å². The van der Waals surface area contributed by atoms with Gasteiger partial charge < -0.3 is 10.2 Å². The van der Waals surface area contributed by atoms with E-state index in [1.807, 2.05) is 60.7 Å². The molecule has 3 rings (SSSR count). The minimum absolute atomic E-state index is 0.0497. The molecule has 1 atom stereocenters. The highest BCUT2D eigenvalue weighted by molar-refractivity contribution is 5.90. The number of carbonyl (C=O) groups excluding carboxylic acids is 2. The molecule has 2 aromatic rings. The molecule has 1 aliphatic rings. The van der Waals surface area contributed by atoms with Crippen molar-refractivity contribution in [2.45, 2.75) is 32.0 Å². The molecule has 23 heavy (non-hydrogen) atoms. The van der Waals surface area contributed by atoms with Crippen LogP contribution in [0.4, 0.5) is 0 Å². The first kappa shape index (κ1) is 15.3. The van der Waals surface area contributed by atoms with Gasteiger partial charge in [-0.1, -0.05) is 60.7 Å². The van der Waals surface area contributed by atoms with Crippen LogP contribution in [0.5, 0.6) is 0 Å². The lowest BCUT2D eigenvalue weighted by Gasteiger charge is -2.24. The fraction of sp³-hybridized carbons (Fsp3) is 0.263. The van der Waals surface area contributed by atoms with Crippen molar-refractivity contribution in [3.63, 3.8) is 0 Å². The lowest BCUT2D eigenvalue weighted by atomic mass is 10.1. The maximum atomic E-state index is 12.5. The van der Waals surface area contributed by atoms with Crippen molar-refractivity contribution in [2.75, 3.05) is 0 Å². The van der Waals surface area contributed by atoms with Crippen LogP contribution in [0.2, 0.25) is 0 Å². The number of nitrogens with one attached hydrogen (secondary N) is 1. The molecule has 0 aromatic heterocycles. The highest BCUT2D eigenvalue weighted by Crippen LogP contribution is 2.21. The SMILES string of the molecule is O=C(NCc1ccccc1)C1CCC(=O)N1Cc1ccccc1. The average Bonchev–Trinajstić information content (AvgIpc) is 2.95. The molecule has 1 fully saturated rings. The number of carbonyl (C=O) groups is 2. The van der Waals surface area contributed by atoms with Crippen LogP contribution in [0.1, 0.15) is 24.0 Å². The van der Waals surface area contributed by atoms with E-state index in [1.54, 1.807) is 4.90 Å². The molecule has 4 heteroatoms. The summed E-state index contributed by atoms with van der Waals surface area (Å²) in [6, 6.07) is 19.2. The standard InChI is InChI=1S/C19H20N2O2/c22-18-12-11-17(21(18)14-16-9-5-2-6-10-16)19(23)20-13-15-7-3-1-4-8-15/h1-10,17H,11-14H2,(H,20,23). The van der Waals surface area contributed by atoms with Crippen LogP contribution < -0.4 is 5.32 Å². The second-order valence-corrected chi connectivity index (χ2v) is 5.77. The van der Waals surface area contributed by atoms with Gasteiger partial charge in [0.25, 0.3) is 0 Å². The number of benzene rings is 2. The Hall–Kier alpha value is -2.62. The van der Waals surface area contributed by atoms with Crippen molar-refractivity contribution in [1.82, 2.24) is 10.2 Å². The Morgan fingerprint density at radius 3 is 2.26 bits per heavy atom. The summed E-state index contributed by atoms with van der Waals surface area (Å²) in [6.07, 6.45) is 1.03. The number of rotatable bonds is 5. The number of hydrogen-bond donors (Lipinski definition) is 1. The summed E-state index contributed by atoms with van der Waals surface area (Å²) < 4.78 is 0. The third-order valence-corrected chi connectivity index (χ3v) is 4.14. The summed E-state index contributed by atoms with van der Waals surface area (Å²) in [5, 5.41) is 2.94. The quantitative estimate of drug-likeness (QED) is 0.922. The maximum Gasteiger partial charge on any atom is 0.243 e.